The molecule has 4 aromatic rings. The van der Waals surface area contributed by atoms with Crippen molar-refractivity contribution >= 4 is 26.8 Å². The molecule has 0 radical (unpaired) electrons. The summed E-state index contributed by atoms with van der Waals surface area (Å²) in [4.78, 5) is 20.3. The van der Waals surface area contributed by atoms with Crippen LogP contribution in [0.25, 0.3) is 11.0 Å². The van der Waals surface area contributed by atoms with Crippen LogP contribution in [0.1, 0.15) is 35.1 Å². The van der Waals surface area contributed by atoms with Crippen LogP contribution in [0.4, 0.5) is 0 Å². The van der Waals surface area contributed by atoms with E-state index < -0.39 is 15.7 Å². The zero-order chi connectivity index (χ0) is 20.4. The minimum Gasteiger partial charge on any atom is -0.455 e. The fourth-order valence-corrected chi connectivity index (χ4v) is 4.26. The van der Waals surface area contributed by atoms with Crippen molar-refractivity contribution in [1.82, 2.24) is 15.3 Å². The molecule has 7 nitrogen and oxygen atoms in total. The van der Waals surface area contributed by atoms with Gasteiger partial charge in [0.2, 0.25) is 0 Å². The highest BCUT2D eigenvalue weighted by Gasteiger charge is 2.21. The van der Waals surface area contributed by atoms with Crippen LogP contribution in [0.2, 0.25) is 0 Å². The van der Waals surface area contributed by atoms with Crippen molar-refractivity contribution in [1.29, 1.82) is 0 Å². The minimum absolute atomic E-state index is 0.0474. The van der Waals surface area contributed by atoms with E-state index in [0.29, 0.717) is 5.82 Å². The van der Waals surface area contributed by atoms with Gasteiger partial charge in [-0.15, -0.1) is 0 Å². The van der Waals surface area contributed by atoms with Gasteiger partial charge in [-0.1, -0.05) is 30.3 Å². The number of hydrogen-bond donors (Lipinski definition) is 2. The largest absolute Gasteiger partial charge is 0.455 e. The summed E-state index contributed by atoms with van der Waals surface area (Å²) >= 11 is 0. The summed E-state index contributed by atoms with van der Waals surface area (Å²) in [7, 11) is -3.55. The van der Waals surface area contributed by atoms with Gasteiger partial charge < -0.3 is 14.7 Å². The third-order valence-electron chi connectivity index (χ3n) is 4.49. The molecule has 2 heterocycles. The molecule has 0 aliphatic rings. The van der Waals surface area contributed by atoms with E-state index in [2.05, 4.69) is 15.3 Å². The Balaban J connectivity index is 1.45. The van der Waals surface area contributed by atoms with Crippen molar-refractivity contribution in [3.05, 3.63) is 84.1 Å². The van der Waals surface area contributed by atoms with Crippen LogP contribution in [0.15, 0.2) is 76.0 Å². The predicted molar refractivity (Wildman–Crippen MR) is 108 cm³/mol. The molecule has 0 saturated carbocycles. The lowest BCUT2D eigenvalue weighted by Gasteiger charge is -2.10. The number of aromatic nitrogens is 2. The molecule has 8 heteroatoms. The Morgan fingerprint density at radius 3 is 2.55 bits per heavy atom. The number of H-pyrrole nitrogens is 1. The van der Waals surface area contributed by atoms with E-state index in [1.165, 1.54) is 24.3 Å². The number of rotatable bonds is 6. The third kappa shape index (κ3) is 4.07. The molecule has 0 spiro atoms. The van der Waals surface area contributed by atoms with Gasteiger partial charge in [0.05, 0.1) is 22.0 Å². The van der Waals surface area contributed by atoms with Crippen molar-refractivity contribution in [3.8, 4) is 0 Å². The van der Waals surface area contributed by atoms with Gasteiger partial charge in [0.15, 0.2) is 15.6 Å². The summed E-state index contributed by atoms with van der Waals surface area (Å²) in [6, 6.07) is 18.3. The number of aromatic amines is 1. The molecular weight excluding hydrogens is 390 g/mol. The number of carbonyl (C=O) groups excluding carboxylic acids is 1. The van der Waals surface area contributed by atoms with Crippen molar-refractivity contribution in [2.75, 3.05) is 0 Å². The Morgan fingerprint density at radius 1 is 1.07 bits per heavy atom. The summed E-state index contributed by atoms with van der Waals surface area (Å²) in [5.41, 5.74) is 1.70. The van der Waals surface area contributed by atoms with E-state index in [-0.39, 0.29) is 28.2 Å². The van der Waals surface area contributed by atoms with Crippen LogP contribution in [-0.4, -0.2) is 24.3 Å². The number of para-hydroxylation sites is 2. The summed E-state index contributed by atoms with van der Waals surface area (Å²) in [6.45, 7) is 1.80. The second-order valence-electron chi connectivity index (χ2n) is 6.67. The van der Waals surface area contributed by atoms with Gasteiger partial charge in [0, 0.05) is 0 Å². The Labute approximate surface area is 167 Å². The number of amides is 1. The molecule has 0 saturated heterocycles. The standard InChI is InChI=1S/C21H19N3O4S/c1-14(20-23-17-9-5-6-10-18(17)24-20)22-21(25)19-12-11-15(28-19)13-29(26,27)16-7-3-2-4-8-16/h2-12,14H,13H2,1H3,(H,22,25)(H,23,24)/t14-/m1/s1. The lowest BCUT2D eigenvalue weighted by molar-refractivity contribution is 0.0909. The van der Waals surface area contributed by atoms with E-state index in [1.54, 1.807) is 25.1 Å². The van der Waals surface area contributed by atoms with Crippen LogP contribution in [0.5, 0.6) is 0 Å². The first-order chi connectivity index (χ1) is 13.9. The van der Waals surface area contributed by atoms with Gasteiger partial charge in [-0.3, -0.25) is 4.79 Å². The van der Waals surface area contributed by atoms with Crippen molar-refractivity contribution < 1.29 is 17.6 Å². The van der Waals surface area contributed by atoms with E-state index in [0.717, 1.165) is 11.0 Å². The Kier molecular flexibility index (Phi) is 4.94. The van der Waals surface area contributed by atoms with Crippen LogP contribution in [-0.2, 0) is 15.6 Å². The molecule has 0 fully saturated rings. The number of nitrogens with zero attached hydrogens (tertiary/aromatic N) is 1. The highest BCUT2D eigenvalue weighted by Crippen LogP contribution is 2.19. The third-order valence-corrected chi connectivity index (χ3v) is 6.14. The summed E-state index contributed by atoms with van der Waals surface area (Å²) in [5.74, 6) is 0.115. The first kappa shape index (κ1) is 18.9. The second kappa shape index (κ2) is 7.56. The molecule has 2 aromatic carbocycles. The Bertz CT molecular complexity index is 1230. The lowest BCUT2D eigenvalue weighted by Crippen LogP contribution is -2.27. The quantitative estimate of drug-likeness (QED) is 0.506. The van der Waals surface area contributed by atoms with E-state index in [1.807, 2.05) is 24.3 Å². The van der Waals surface area contributed by atoms with Crippen molar-refractivity contribution in [3.63, 3.8) is 0 Å². The minimum atomic E-state index is -3.55. The number of sulfone groups is 1. The van der Waals surface area contributed by atoms with Crippen LogP contribution < -0.4 is 5.32 Å². The Hall–Kier alpha value is -3.39. The van der Waals surface area contributed by atoms with Crippen LogP contribution in [0.3, 0.4) is 0 Å². The average molecular weight is 409 g/mol. The molecular formula is C21H19N3O4S. The summed E-state index contributed by atoms with van der Waals surface area (Å²) in [6.07, 6.45) is 0. The van der Waals surface area contributed by atoms with Gasteiger partial charge in [-0.25, -0.2) is 13.4 Å². The highest BCUT2D eigenvalue weighted by molar-refractivity contribution is 7.90. The zero-order valence-electron chi connectivity index (χ0n) is 15.6. The maximum atomic E-state index is 12.5. The van der Waals surface area contributed by atoms with E-state index in [4.69, 9.17) is 4.42 Å². The fraction of sp³-hybridized carbons (Fsp3) is 0.143. The van der Waals surface area contributed by atoms with Gasteiger partial charge in [0.25, 0.3) is 5.91 Å². The monoisotopic (exact) mass is 409 g/mol. The van der Waals surface area contributed by atoms with Crippen molar-refractivity contribution in [2.24, 2.45) is 0 Å². The number of furan rings is 1. The molecule has 2 aromatic heterocycles. The number of imidazole rings is 1. The van der Waals surface area contributed by atoms with Gasteiger partial charge in [-0.2, -0.15) is 0 Å². The number of nitrogens with one attached hydrogen (secondary N) is 2. The first-order valence-electron chi connectivity index (χ1n) is 9.04. The van der Waals surface area contributed by atoms with Gasteiger partial charge in [-0.05, 0) is 43.3 Å². The topological polar surface area (TPSA) is 105 Å². The van der Waals surface area contributed by atoms with Crippen molar-refractivity contribution in [2.45, 2.75) is 23.6 Å². The molecule has 29 heavy (non-hydrogen) atoms. The molecule has 0 aliphatic heterocycles. The lowest BCUT2D eigenvalue weighted by atomic mass is 10.3. The first-order valence-corrected chi connectivity index (χ1v) is 10.7. The van der Waals surface area contributed by atoms with Gasteiger partial charge >= 0.3 is 0 Å². The van der Waals surface area contributed by atoms with E-state index in [9.17, 15) is 13.2 Å². The van der Waals surface area contributed by atoms with E-state index >= 15 is 0 Å². The second-order valence-corrected chi connectivity index (χ2v) is 8.66. The number of hydrogen-bond acceptors (Lipinski definition) is 5. The Morgan fingerprint density at radius 2 is 1.79 bits per heavy atom. The molecule has 1 amide bonds. The normalized spacial score (nSPS) is 12.7. The summed E-state index contributed by atoms with van der Waals surface area (Å²) in [5, 5.41) is 2.81. The molecule has 0 aliphatic carbocycles. The number of fused-ring (bicyclic) bond motifs is 1. The molecule has 1 atom stereocenters. The molecule has 0 bridgehead atoms. The molecule has 2 N–H and O–H groups in total. The highest BCUT2D eigenvalue weighted by atomic mass is 32.2. The maximum absolute atomic E-state index is 12.5. The average Bonchev–Trinajstić information content (AvgIpc) is 3.35. The van der Waals surface area contributed by atoms with Crippen LogP contribution in [0, 0.1) is 0 Å². The number of benzene rings is 2. The molecule has 4 rings (SSSR count). The maximum Gasteiger partial charge on any atom is 0.287 e. The zero-order valence-corrected chi connectivity index (χ0v) is 16.4. The molecule has 148 valence electrons. The van der Waals surface area contributed by atoms with Crippen LogP contribution >= 0.6 is 0 Å². The SMILES string of the molecule is C[C@@H](NC(=O)c1ccc(CS(=O)(=O)c2ccccc2)o1)c1nc2ccccc2[nH]1. The summed E-state index contributed by atoms with van der Waals surface area (Å²) < 4.78 is 30.4. The predicted octanol–water partition coefficient (Wildman–Crippen LogP) is 3.62. The number of carbonyl (C=O) groups is 1. The van der Waals surface area contributed by atoms with Gasteiger partial charge in [0.1, 0.15) is 17.3 Å². The smallest absolute Gasteiger partial charge is 0.287 e. The fourth-order valence-electron chi connectivity index (χ4n) is 2.99. The molecule has 0 unspecified atom stereocenters.